The van der Waals surface area contributed by atoms with Crippen LogP contribution in [0.25, 0.3) is 5.69 Å². The van der Waals surface area contributed by atoms with Gasteiger partial charge in [0.25, 0.3) is 5.91 Å². The number of aromatic nitrogens is 3. The van der Waals surface area contributed by atoms with Crippen LogP contribution in [0.1, 0.15) is 40.9 Å². The first-order valence-corrected chi connectivity index (χ1v) is 7.97. The van der Waals surface area contributed by atoms with Crippen LogP contribution in [0.4, 0.5) is 5.69 Å². The maximum Gasteiger partial charge on any atom is 0.294 e. The van der Waals surface area contributed by atoms with Gasteiger partial charge in [-0.25, -0.2) is 4.68 Å². The summed E-state index contributed by atoms with van der Waals surface area (Å²) in [7, 11) is 0. The van der Waals surface area contributed by atoms with E-state index in [1.807, 2.05) is 29.8 Å². The van der Waals surface area contributed by atoms with Crippen molar-refractivity contribution in [3.63, 3.8) is 0 Å². The zero-order chi connectivity index (χ0) is 17.1. The maximum absolute atomic E-state index is 12.3. The van der Waals surface area contributed by atoms with Crippen molar-refractivity contribution in [2.24, 2.45) is 0 Å². The van der Waals surface area contributed by atoms with Crippen LogP contribution in [0.5, 0.6) is 0 Å². The van der Waals surface area contributed by atoms with E-state index in [1.54, 1.807) is 19.2 Å². The van der Waals surface area contributed by atoms with Crippen molar-refractivity contribution in [1.29, 1.82) is 0 Å². The van der Waals surface area contributed by atoms with Crippen LogP contribution in [0.3, 0.4) is 0 Å². The molecule has 0 unspecified atom stereocenters. The highest BCUT2D eigenvalue weighted by molar-refractivity contribution is 6.02. The molecule has 124 valence electrons. The van der Waals surface area contributed by atoms with E-state index >= 15 is 0 Å². The van der Waals surface area contributed by atoms with E-state index in [2.05, 4.69) is 28.6 Å². The van der Waals surface area contributed by atoms with Crippen LogP contribution >= 0.6 is 0 Å². The van der Waals surface area contributed by atoms with Gasteiger partial charge >= 0.3 is 0 Å². The van der Waals surface area contributed by atoms with Gasteiger partial charge in [-0.15, -0.1) is 0 Å². The predicted molar refractivity (Wildman–Crippen MR) is 91.5 cm³/mol. The number of carbonyl (C=O) groups is 1. The third-order valence-electron chi connectivity index (χ3n) is 3.70. The molecule has 0 atom stereocenters. The molecule has 0 fully saturated rings. The molecule has 6 nitrogen and oxygen atoms in total. The molecule has 6 heteroatoms. The number of carbonyl (C=O) groups excluding carboxylic acids is 1. The molecule has 0 saturated heterocycles. The highest BCUT2D eigenvalue weighted by Gasteiger charge is 2.17. The molecule has 0 spiro atoms. The molecule has 3 aromatic rings. The Morgan fingerprint density at radius 2 is 2.12 bits per heavy atom. The molecular weight excluding hydrogens is 304 g/mol. The van der Waals surface area contributed by atoms with Gasteiger partial charge in [0.2, 0.25) is 5.76 Å². The molecule has 2 aromatic heterocycles. The Kier molecular flexibility index (Phi) is 4.46. The van der Waals surface area contributed by atoms with Gasteiger partial charge in [-0.2, -0.15) is 5.10 Å². The number of hydrogen-bond acceptors (Lipinski definition) is 4. The minimum atomic E-state index is -0.322. The summed E-state index contributed by atoms with van der Waals surface area (Å²) < 4.78 is 6.89. The van der Waals surface area contributed by atoms with Crippen molar-refractivity contribution in [2.45, 2.75) is 33.6 Å². The first-order chi connectivity index (χ1) is 11.6. The molecule has 24 heavy (non-hydrogen) atoms. The second kappa shape index (κ2) is 6.70. The van der Waals surface area contributed by atoms with E-state index in [0.29, 0.717) is 11.4 Å². The van der Waals surface area contributed by atoms with E-state index in [4.69, 9.17) is 4.52 Å². The summed E-state index contributed by atoms with van der Waals surface area (Å²) >= 11 is 0. The molecule has 2 heterocycles. The molecule has 0 bridgehead atoms. The second-order valence-corrected chi connectivity index (χ2v) is 5.79. The number of anilines is 1. The van der Waals surface area contributed by atoms with E-state index in [1.165, 1.54) is 0 Å². The van der Waals surface area contributed by atoms with E-state index in [-0.39, 0.29) is 11.7 Å². The van der Waals surface area contributed by atoms with Crippen molar-refractivity contribution in [3.05, 3.63) is 59.2 Å². The number of nitrogens with zero attached hydrogens (tertiary/aromatic N) is 3. The lowest BCUT2D eigenvalue weighted by molar-refractivity contribution is 0.0987. The zero-order valence-corrected chi connectivity index (χ0v) is 14.0. The van der Waals surface area contributed by atoms with E-state index in [0.717, 1.165) is 29.8 Å². The van der Waals surface area contributed by atoms with E-state index in [9.17, 15) is 4.79 Å². The smallest absolute Gasteiger partial charge is 0.294 e. The topological polar surface area (TPSA) is 73.0 Å². The molecule has 0 aliphatic heterocycles. The van der Waals surface area contributed by atoms with E-state index < -0.39 is 0 Å². The van der Waals surface area contributed by atoms with Crippen LogP contribution < -0.4 is 5.32 Å². The van der Waals surface area contributed by atoms with Crippen molar-refractivity contribution >= 4 is 11.6 Å². The lowest BCUT2D eigenvalue weighted by atomic mass is 10.2. The number of amides is 1. The second-order valence-electron chi connectivity index (χ2n) is 5.79. The van der Waals surface area contributed by atoms with Gasteiger partial charge in [0.1, 0.15) is 0 Å². The summed E-state index contributed by atoms with van der Waals surface area (Å²) in [6, 6.07) is 9.72. The lowest BCUT2D eigenvalue weighted by Gasteiger charge is -2.10. The van der Waals surface area contributed by atoms with Crippen LogP contribution in [0.15, 0.2) is 41.1 Å². The summed E-state index contributed by atoms with van der Waals surface area (Å²) in [5.41, 5.74) is 4.47. The fourth-order valence-electron chi connectivity index (χ4n) is 2.59. The van der Waals surface area contributed by atoms with Crippen molar-refractivity contribution in [3.8, 4) is 5.69 Å². The quantitative estimate of drug-likeness (QED) is 0.777. The molecule has 1 N–H and O–H groups in total. The third kappa shape index (κ3) is 3.22. The van der Waals surface area contributed by atoms with Crippen LogP contribution in [0.2, 0.25) is 0 Å². The zero-order valence-electron chi connectivity index (χ0n) is 14.0. The number of nitrogens with one attached hydrogen (secondary N) is 1. The lowest BCUT2D eigenvalue weighted by Crippen LogP contribution is -2.13. The SMILES string of the molecule is CCCc1c(NC(=O)c2cc(C)no2)cnn1-c1cccc(C)c1. The van der Waals surface area contributed by atoms with Gasteiger partial charge in [0.05, 0.1) is 29.0 Å². The summed E-state index contributed by atoms with van der Waals surface area (Å²) in [6.07, 6.45) is 3.43. The molecule has 0 aliphatic carbocycles. The van der Waals surface area contributed by atoms with Crippen molar-refractivity contribution in [1.82, 2.24) is 14.9 Å². The molecule has 1 aromatic carbocycles. The first kappa shape index (κ1) is 16.0. The molecule has 3 rings (SSSR count). The standard InChI is InChI=1S/C18H20N4O2/c1-4-6-16-15(20-18(23)17-10-13(3)21-24-17)11-19-22(16)14-8-5-7-12(2)9-14/h5,7-11H,4,6H2,1-3H3,(H,20,23). The minimum absolute atomic E-state index is 0.193. The average Bonchev–Trinajstić information content (AvgIpc) is 3.15. The Morgan fingerprint density at radius 1 is 1.29 bits per heavy atom. The summed E-state index contributed by atoms with van der Waals surface area (Å²) in [5.74, 6) is -0.130. The van der Waals surface area contributed by atoms with Crippen molar-refractivity contribution < 1.29 is 9.32 Å². The van der Waals surface area contributed by atoms with Gasteiger partial charge in [0, 0.05) is 6.07 Å². The minimum Gasteiger partial charge on any atom is -0.351 e. The molecule has 0 saturated carbocycles. The molecule has 0 aliphatic rings. The Bertz CT molecular complexity index is 864. The normalized spacial score (nSPS) is 10.8. The Morgan fingerprint density at radius 3 is 2.79 bits per heavy atom. The Labute approximate surface area is 140 Å². The third-order valence-corrected chi connectivity index (χ3v) is 3.70. The largest absolute Gasteiger partial charge is 0.351 e. The predicted octanol–water partition coefficient (Wildman–Crippen LogP) is 3.68. The van der Waals surface area contributed by atoms with Gasteiger partial charge in [-0.05, 0) is 38.0 Å². The van der Waals surface area contributed by atoms with Crippen LogP contribution in [0, 0.1) is 13.8 Å². The Balaban J connectivity index is 1.92. The molecular formula is C18H20N4O2. The van der Waals surface area contributed by atoms with Crippen molar-refractivity contribution in [2.75, 3.05) is 5.32 Å². The molecule has 1 amide bonds. The highest BCUT2D eigenvalue weighted by Crippen LogP contribution is 2.22. The van der Waals surface area contributed by atoms with Crippen LogP contribution in [-0.4, -0.2) is 20.8 Å². The summed E-state index contributed by atoms with van der Waals surface area (Å²) in [5, 5.41) is 11.1. The molecule has 0 radical (unpaired) electrons. The number of rotatable bonds is 5. The van der Waals surface area contributed by atoms with Gasteiger partial charge in [-0.1, -0.05) is 30.6 Å². The fourth-order valence-corrected chi connectivity index (χ4v) is 2.59. The summed E-state index contributed by atoms with van der Waals surface area (Å²) in [6.45, 7) is 5.92. The Hall–Kier alpha value is -2.89. The number of aryl methyl sites for hydroxylation is 2. The number of benzene rings is 1. The first-order valence-electron chi connectivity index (χ1n) is 7.97. The van der Waals surface area contributed by atoms with Gasteiger partial charge in [0.15, 0.2) is 0 Å². The number of hydrogen-bond donors (Lipinski definition) is 1. The monoisotopic (exact) mass is 324 g/mol. The highest BCUT2D eigenvalue weighted by atomic mass is 16.5. The van der Waals surface area contributed by atoms with Gasteiger partial charge < -0.3 is 9.84 Å². The van der Waals surface area contributed by atoms with Crippen LogP contribution in [-0.2, 0) is 6.42 Å². The average molecular weight is 324 g/mol. The fraction of sp³-hybridized carbons (Fsp3) is 0.278. The van der Waals surface area contributed by atoms with Gasteiger partial charge in [-0.3, -0.25) is 4.79 Å². The summed E-state index contributed by atoms with van der Waals surface area (Å²) in [4.78, 5) is 12.3. The maximum atomic E-state index is 12.3.